The van der Waals surface area contributed by atoms with Crippen molar-refractivity contribution in [1.82, 2.24) is 20.0 Å². The number of nitrogens with zero attached hydrogens (tertiary/aromatic N) is 6. The molecule has 0 saturated carbocycles. The highest BCUT2D eigenvalue weighted by atomic mass is 16.2. The molecule has 0 aliphatic carbocycles. The molecule has 8 nitrogen and oxygen atoms in total. The van der Waals surface area contributed by atoms with Crippen molar-refractivity contribution in [3.63, 3.8) is 0 Å². The topological polar surface area (TPSA) is 89.6 Å². The van der Waals surface area contributed by atoms with Gasteiger partial charge in [0.15, 0.2) is 5.96 Å². The van der Waals surface area contributed by atoms with Gasteiger partial charge in [-0.2, -0.15) is 10.4 Å². The average molecular weight is 351 g/mol. The number of nitriles is 1. The molecule has 3 rings (SSSR count). The molecule has 0 bridgehead atoms. The molecule has 1 aromatic heterocycles. The van der Waals surface area contributed by atoms with E-state index in [1.54, 1.807) is 35.0 Å². The zero-order chi connectivity index (χ0) is 18.5. The van der Waals surface area contributed by atoms with Crippen molar-refractivity contribution in [3.05, 3.63) is 47.8 Å². The SMILES string of the molecule is CN=C(NCc1ccc(C#N)cc1)N1CCN(c2cnn(C)c2)C(=O)C1. The first-order valence-corrected chi connectivity index (χ1v) is 8.34. The molecule has 1 aromatic carbocycles. The van der Waals surface area contributed by atoms with Gasteiger partial charge < -0.3 is 15.1 Å². The molecule has 0 unspecified atom stereocenters. The van der Waals surface area contributed by atoms with E-state index >= 15 is 0 Å². The van der Waals surface area contributed by atoms with Gasteiger partial charge in [-0.1, -0.05) is 12.1 Å². The average Bonchev–Trinajstić information content (AvgIpc) is 3.09. The van der Waals surface area contributed by atoms with E-state index in [9.17, 15) is 4.79 Å². The fraction of sp³-hybridized carbons (Fsp3) is 0.333. The largest absolute Gasteiger partial charge is 0.352 e. The first-order chi connectivity index (χ1) is 12.6. The Morgan fingerprint density at radius 1 is 1.35 bits per heavy atom. The third kappa shape index (κ3) is 3.83. The predicted octanol–water partition coefficient (Wildman–Crippen LogP) is 0.716. The Morgan fingerprint density at radius 2 is 2.12 bits per heavy atom. The molecule has 134 valence electrons. The fourth-order valence-corrected chi connectivity index (χ4v) is 2.89. The van der Waals surface area contributed by atoms with Gasteiger partial charge in [0.1, 0.15) is 6.54 Å². The molecule has 2 heterocycles. The number of anilines is 1. The molecular weight excluding hydrogens is 330 g/mol. The first-order valence-electron chi connectivity index (χ1n) is 8.34. The number of carbonyl (C=O) groups is 1. The number of guanidine groups is 1. The lowest BCUT2D eigenvalue weighted by atomic mass is 10.1. The number of carbonyl (C=O) groups excluding carboxylic acids is 1. The zero-order valence-electron chi connectivity index (χ0n) is 14.9. The lowest BCUT2D eigenvalue weighted by molar-refractivity contribution is -0.120. The van der Waals surface area contributed by atoms with E-state index in [1.165, 1.54) is 0 Å². The summed E-state index contributed by atoms with van der Waals surface area (Å²) >= 11 is 0. The molecule has 0 spiro atoms. The summed E-state index contributed by atoms with van der Waals surface area (Å²) < 4.78 is 1.69. The van der Waals surface area contributed by atoms with Crippen LogP contribution in [0.1, 0.15) is 11.1 Å². The minimum atomic E-state index is 0.0190. The van der Waals surface area contributed by atoms with Crippen LogP contribution in [0.15, 0.2) is 41.7 Å². The highest BCUT2D eigenvalue weighted by Gasteiger charge is 2.27. The van der Waals surface area contributed by atoms with E-state index < -0.39 is 0 Å². The number of piperazine rings is 1. The van der Waals surface area contributed by atoms with Crippen molar-refractivity contribution in [2.24, 2.45) is 12.0 Å². The number of amides is 1. The Labute approximate surface area is 152 Å². The summed E-state index contributed by atoms with van der Waals surface area (Å²) in [7, 11) is 3.54. The monoisotopic (exact) mass is 351 g/mol. The molecule has 1 N–H and O–H groups in total. The molecule has 2 aromatic rings. The van der Waals surface area contributed by atoms with Gasteiger partial charge in [0, 0.05) is 39.9 Å². The van der Waals surface area contributed by atoms with E-state index in [1.807, 2.05) is 30.3 Å². The molecule has 1 saturated heterocycles. The summed E-state index contributed by atoms with van der Waals surface area (Å²) in [4.78, 5) is 20.5. The highest BCUT2D eigenvalue weighted by molar-refractivity contribution is 5.98. The molecule has 1 amide bonds. The predicted molar refractivity (Wildman–Crippen MR) is 98.5 cm³/mol. The van der Waals surface area contributed by atoms with Gasteiger partial charge in [-0.25, -0.2) is 0 Å². The number of aliphatic imine (C=N–C) groups is 1. The summed E-state index contributed by atoms with van der Waals surface area (Å²) in [5.74, 6) is 0.708. The molecule has 1 aliphatic rings. The maximum Gasteiger partial charge on any atom is 0.246 e. The van der Waals surface area contributed by atoms with E-state index in [-0.39, 0.29) is 12.5 Å². The summed E-state index contributed by atoms with van der Waals surface area (Å²) in [6, 6.07) is 9.49. The molecular formula is C18H21N7O. The fourth-order valence-electron chi connectivity index (χ4n) is 2.89. The van der Waals surface area contributed by atoms with Crippen molar-refractivity contribution < 1.29 is 4.79 Å². The molecule has 8 heteroatoms. The van der Waals surface area contributed by atoms with Crippen LogP contribution in [0.4, 0.5) is 5.69 Å². The van der Waals surface area contributed by atoms with Gasteiger partial charge in [0.25, 0.3) is 0 Å². The zero-order valence-corrected chi connectivity index (χ0v) is 14.9. The van der Waals surface area contributed by atoms with Crippen LogP contribution in [0.25, 0.3) is 0 Å². The lowest BCUT2D eigenvalue weighted by Gasteiger charge is -2.35. The van der Waals surface area contributed by atoms with Gasteiger partial charge in [-0.05, 0) is 17.7 Å². The van der Waals surface area contributed by atoms with E-state index in [0.29, 0.717) is 31.2 Å². The van der Waals surface area contributed by atoms with E-state index in [0.717, 1.165) is 11.3 Å². The van der Waals surface area contributed by atoms with Crippen LogP contribution in [-0.4, -0.2) is 53.2 Å². The molecule has 1 aliphatic heterocycles. The number of benzene rings is 1. The Kier molecular flexibility index (Phi) is 5.17. The second-order valence-corrected chi connectivity index (χ2v) is 6.05. The van der Waals surface area contributed by atoms with Crippen molar-refractivity contribution in [1.29, 1.82) is 5.26 Å². The van der Waals surface area contributed by atoms with Crippen LogP contribution < -0.4 is 10.2 Å². The lowest BCUT2D eigenvalue weighted by Crippen LogP contribution is -2.55. The Balaban J connectivity index is 1.59. The molecule has 1 fully saturated rings. The van der Waals surface area contributed by atoms with Crippen LogP contribution in [-0.2, 0) is 18.4 Å². The van der Waals surface area contributed by atoms with Crippen molar-refractivity contribution in [3.8, 4) is 6.07 Å². The second-order valence-electron chi connectivity index (χ2n) is 6.05. The van der Waals surface area contributed by atoms with Crippen molar-refractivity contribution in [2.45, 2.75) is 6.54 Å². The van der Waals surface area contributed by atoms with Crippen LogP contribution in [0.5, 0.6) is 0 Å². The van der Waals surface area contributed by atoms with Crippen molar-refractivity contribution in [2.75, 3.05) is 31.6 Å². The maximum absolute atomic E-state index is 12.5. The van der Waals surface area contributed by atoms with Gasteiger partial charge >= 0.3 is 0 Å². The highest BCUT2D eigenvalue weighted by Crippen LogP contribution is 2.16. The van der Waals surface area contributed by atoms with Crippen LogP contribution in [0, 0.1) is 11.3 Å². The Hall–Kier alpha value is -3.34. The molecule has 0 atom stereocenters. The maximum atomic E-state index is 12.5. The molecule has 0 radical (unpaired) electrons. The summed E-state index contributed by atoms with van der Waals surface area (Å²) in [5.41, 5.74) is 2.50. The third-order valence-corrected chi connectivity index (χ3v) is 4.27. The molecule has 26 heavy (non-hydrogen) atoms. The number of aromatic nitrogens is 2. The van der Waals surface area contributed by atoms with Crippen molar-refractivity contribution >= 4 is 17.6 Å². The quantitative estimate of drug-likeness (QED) is 0.650. The van der Waals surface area contributed by atoms with Gasteiger partial charge in [-0.3, -0.25) is 14.5 Å². The van der Waals surface area contributed by atoms with Crippen LogP contribution in [0.2, 0.25) is 0 Å². The number of hydrogen-bond donors (Lipinski definition) is 1. The number of aryl methyl sites for hydroxylation is 1. The second kappa shape index (κ2) is 7.70. The summed E-state index contributed by atoms with van der Waals surface area (Å²) in [6.07, 6.45) is 3.54. The Bertz CT molecular complexity index is 847. The Morgan fingerprint density at radius 3 is 2.69 bits per heavy atom. The van der Waals surface area contributed by atoms with Gasteiger partial charge in [0.2, 0.25) is 5.91 Å². The normalized spacial score (nSPS) is 15.1. The number of nitrogens with one attached hydrogen (secondary N) is 1. The van der Waals surface area contributed by atoms with Gasteiger partial charge in [-0.15, -0.1) is 0 Å². The summed E-state index contributed by atoms with van der Waals surface area (Å²) in [5, 5.41) is 16.3. The van der Waals surface area contributed by atoms with Crippen LogP contribution in [0.3, 0.4) is 0 Å². The van der Waals surface area contributed by atoms with E-state index in [2.05, 4.69) is 21.5 Å². The third-order valence-electron chi connectivity index (χ3n) is 4.27. The number of rotatable bonds is 3. The minimum Gasteiger partial charge on any atom is -0.352 e. The smallest absolute Gasteiger partial charge is 0.246 e. The minimum absolute atomic E-state index is 0.0190. The first kappa shape index (κ1) is 17.5. The standard InChI is InChI=1S/C18H21N7O/c1-20-18(21-10-15-5-3-14(9-19)4-6-15)24-7-8-25(17(26)13-24)16-11-22-23(2)12-16/h3-6,11-12H,7-8,10,13H2,1-2H3,(H,20,21). The van der Waals surface area contributed by atoms with Gasteiger partial charge in [0.05, 0.1) is 23.5 Å². The summed E-state index contributed by atoms with van der Waals surface area (Å²) in [6.45, 7) is 2.12. The number of hydrogen-bond acceptors (Lipinski definition) is 4. The van der Waals surface area contributed by atoms with E-state index in [4.69, 9.17) is 5.26 Å². The van der Waals surface area contributed by atoms with Crippen LogP contribution >= 0.6 is 0 Å².